The summed E-state index contributed by atoms with van der Waals surface area (Å²) in [5.41, 5.74) is 0.784. The standard InChI is InChI=1S/C12H18N4O/c1-5-15-17-10(4)6-11-7-12(14-8-13-11)16-9(2)3/h5-9H,1-4H3,(H,13,14,16)/b10-6+,15-5+. The first-order valence-electron chi connectivity index (χ1n) is 5.53. The molecule has 5 nitrogen and oxygen atoms in total. The molecular formula is C12H18N4O. The third-order valence-electron chi connectivity index (χ3n) is 1.78. The first-order chi connectivity index (χ1) is 8.11. The molecule has 0 aromatic carbocycles. The number of hydrogen-bond donors (Lipinski definition) is 1. The summed E-state index contributed by atoms with van der Waals surface area (Å²) in [6, 6.07) is 2.20. The third kappa shape index (κ3) is 5.10. The quantitative estimate of drug-likeness (QED) is 0.483. The van der Waals surface area contributed by atoms with Crippen LogP contribution in [0.25, 0.3) is 6.08 Å². The van der Waals surface area contributed by atoms with Gasteiger partial charge < -0.3 is 10.2 Å². The summed E-state index contributed by atoms with van der Waals surface area (Å²) in [6.07, 6.45) is 4.91. The van der Waals surface area contributed by atoms with E-state index in [-0.39, 0.29) is 0 Å². The SMILES string of the molecule is C/C=N/O/C(C)=C/c1cc(NC(C)C)ncn1. The van der Waals surface area contributed by atoms with E-state index in [1.807, 2.05) is 13.0 Å². The molecule has 0 aliphatic heterocycles. The minimum Gasteiger partial charge on any atom is -0.368 e. The van der Waals surface area contributed by atoms with Crippen LogP contribution in [0.5, 0.6) is 0 Å². The lowest BCUT2D eigenvalue weighted by atomic mass is 10.3. The van der Waals surface area contributed by atoms with Gasteiger partial charge in [-0.3, -0.25) is 0 Å². The fourth-order valence-corrected chi connectivity index (χ4v) is 1.20. The molecule has 92 valence electrons. The summed E-state index contributed by atoms with van der Waals surface area (Å²) in [6.45, 7) is 7.73. The van der Waals surface area contributed by atoms with Crippen molar-refractivity contribution >= 4 is 18.1 Å². The molecule has 0 amide bonds. The lowest BCUT2D eigenvalue weighted by molar-refractivity contribution is 0.234. The fraction of sp³-hybridized carbons (Fsp3) is 0.417. The first kappa shape index (κ1) is 13.2. The molecule has 0 fully saturated rings. The average Bonchev–Trinajstić information content (AvgIpc) is 2.26. The van der Waals surface area contributed by atoms with Gasteiger partial charge in [-0.25, -0.2) is 9.97 Å². The van der Waals surface area contributed by atoms with Crippen molar-refractivity contribution in [3.63, 3.8) is 0 Å². The van der Waals surface area contributed by atoms with Gasteiger partial charge in [0.2, 0.25) is 0 Å². The monoisotopic (exact) mass is 234 g/mol. The van der Waals surface area contributed by atoms with Crippen molar-refractivity contribution in [1.29, 1.82) is 0 Å². The van der Waals surface area contributed by atoms with Crippen LogP contribution in [-0.4, -0.2) is 22.2 Å². The molecule has 1 N–H and O–H groups in total. The number of nitrogens with zero attached hydrogens (tertiary/aromatic N) is 3. The van der Waals surface area contributed by atoms with E-state index in [4.69, 9.17) is 4.84 Å². The molecule has 0 saturated carbocycles. The number of oxime groups is 1. The van der Waals surface area contributed by atoms with E-state index < -0.39 is 0 Å². The average molecular weight is 234 g/mol. The Morgan fingerprint density at radius 1 is 1.47 bits per heavy atom. The molecule has 1 aromatic rings. The van der Waals surface area contributed by atoms with Crippen LogP contribution in [-0.2, 0) is 4.84 Å². The number of hydrogen-bond acceptors (Lipinski definition) is 5. The molecule has 1 rings (SSSR count). The lowest BCUT2D eigenvalue weighted by Crippen LogP contribution is -2.11. The molecule has 5 heteroatoms. The van der Waals surface area contributed by atoms with Crippen LogP contribution >= 0.6 is 0 Å². The lowest BCUT2D eigenvalue weighted by Gasteiger charge is -2.08. The second-order valence-corrected chi connectivity index (χ2v) is 3.84. The summed E-state index contributed by atoms with van der Waals surface area (Å²) in [7, 11) is 0. The molecule has 0 saturated heterocycles. The van der Waals surface area contributed by atoms with Crippen molar-refractivity contribution in [2.75, 3.05) is 5.32 Å². The summed E-state index contributed by atoms with van der Waals surface area (Å²) >= 11 is 0. The van der Waals surface area contributed by atoms with Crippen molar-refractivity contribution in [3.05, 3.63) is 23.8 Å². The third-order valence-corrected chi connectivity index (χ3v) is 1.78. The number of rotatable bonds is 5. The van der Waals surface area contributed by atoms with Gasteiger partial charge in [-0.05, 0) is 27.7 Å². The molecular weight excluding hydrogens is 216 g/mol. The minimum absolute atomic E-state index is 0.337. The van der Waals surface area contributed by atoms with Crippen LogP contribution in [0.15, 0.2) is 23.3 Å². The van der Waals surface area contributed by atoms with E-state index in [0.29, 0.717) is 11.8 Å². The largest absolute Gasteiger partial charge is 0.368 e. The molecule has 0 bridgehead atoms. The van der Waals surface area contributed by atoms with Crippen LogP contribution in [0.2, 0.25) is 0 Å². The molecule has 0 radical (unpaired) electrons. The van der Waals surface area contributed by atoms with Crippen LogP contribution < -0.4 is 5.32 Å². The summed E-state index contributed by atoms with van der Waals surface area (Å²) < 4.78 is 0. The predicted octanol–water partition coefficient (Wildman–Crippen LogP) is 2.68. The molecule has 0 unspecified atom stereocenters. The highest BCUT2D eigenvalue weighted by Gasteiger charge is 1.99. The summed E-state index contributed by atoms with van der Waals surface area (Å²) in [4.78, 5) is 13.3. The Kier molecular flexibility index (Phi) is 5.13. The summed E-state index contributed by atoms with van der Waals surface area (Å²) in [5, 5.41) is 6.90. The van der Waals surface area contributed by atoms with E-state index in [0.717, 1.165) is 11.5 Å². The van der Waals surface area contributed by atoms with Crippen molar-refractivity contribution in [2.45, 2.75) is 33.7 Å². The van der Waals surface area contributed by atoms with Crippen molar-refractivity contribution in [2.24, 2.45) is 5.16 Å². The Morgan fingerprint density at radius 2 is 2.24 bits per heavy atom. The van der Waals surface area contributed by atoms with Gasteiger partial charge in [-0.2, -0.15) is 0 Å². The second-order valence-electron chi connectivity index (χ2n) is 3.84. The van der Waals surface area contributed by atoms with Crippen molar-refractivity contribution < 1.29 is 4.84 Å². The van der Waals surface area contributed by atoms with Gasteiger partial charge >= 0.3 is 0 Å². The minimum atomic E-state index is 0.337. The molecule has 0 atom stereocenters. The van der Waals surface area contributed by atoms with Gasteiger partial charge in [0.25, 0.3) is 0 Å². The Morgan fingerprint density at radius 3 is 2.88 bits per heavy atom. The zero-order valence-corrected chi connectivity index (χ0v) is 10.6. The number of aromatic nitrogens is 2. The zero-order valence-electron chi connectivity index (χ0n) is 10.6. The van der Waals surface area contributed by atoms with E-state index in [9.17, 15) is 0 Å². The number of allylic oxidation sites excluding steroid dienone is 1. The van der Waals surface area contributed by atoms with Crippen LogP contribution in [0.3, 0.4) is 0 Å². The van der Waals surface area contributed by atoms with Gasteiger partial charge in [0.15, 0.2) is 0 Å². The molecule has 0 aliphatic carbocycles. The fourth-order valence-electron chi connectivity index (χ4n) is 1.20. The molecule has 0 spiro atoms. The normalized spacial score (nSPS) is 12.2. The highest BCUT2D eigenvalue weighted by Crippen LogP contribution is 2.09. The topological polar surface area (TPSA) is 59.4 Å². The maximum absolute atomic E-state index is 5.07. The highest BCUT2D eigenvalue weighted by atomic mass is 16.6. The van der Waals surface area contributed by atoms with E-state index in [1.165, 1.54) is 6.33 Å². The molecule has 0 aliphatic rings. The smallest absolute Gasteiger partial charge is 0.134 e. The van der Waals surface area contributed by atoms with Gasteiger partial charge in [-0.15, -0.1) is 0 Å². The van der Waals surface area contributed by atoms with Crippen LogP contribution in [0.1, 0.15) is 33.4 Å². The van der Waals surface area contributed by atoms with Gasteiger partial charge in [0.05, 0.1) is 5.69 Å². The Hall–Kier alpha value is -1.91. The van der Waals surface area contributed by atoms with E-state index in [2.05, 4.69) is 34.3 Å². The zero-order chi connectivity index (χ0) is 12.7. The summed E-state index contributed by atoms with van der Waals surface area (Å²) in [5.74, 6) is 1.48. The maximum Gasteiger partial charge on any atom is 0.134 e. The molecule has 17 heavy (non-hydrogen) atoms. The second kappa shape index (κ2) is 6.62. The van der Waals surface area contributed by atoms with Crippen LogP contribution in [0, 0.1) is 0 Å². The number of anilines is 1. The van der Waals surface area contributed by atoms with Crippen molar-refractivity contribution in [3.8, 4) is 0 Å². The molecule has 1 heterocycles. The predicted molar refractivity (Wildman–Crippen MR) is 69.7 cm³/mol. The Labute approximate surface area is 102 Å². The van der Waals surface area contributed by atoms with Crippen molar-refractivity contribution in [1.82, 2.24) is 9.97 Å². The highest BCUT2D eigenvalue weighted by molar-refractivity contribution is 5.53. The van der Waals surface area contributed by atoms with Crippen LogP contribution in [0.4, 0.5) is 5.82 Å². The Bertz CT molecular complexity index is 413. The van der Waals surface area contributed by atoms with E-state index in [1.54, 1.807) is 19.2 Å². The van der Waals surface area contributed by atoms with E-state index >= 15 is 0 Å². The molecule has 1 aromatic heterocycles. The van der Waals surface area contributed by atoms with Gasteiger partial charge in [0.1, 0.15) is 17.9 Å². The van der Waals surface area contributed by atoms with Gasteiger partial charge in [-0.1, -0.05) is 5.16 Å². The number of nitrogens with one attached hydrogen (secondary N) is 1. The van der Waals surface area contributed by atoms with Gasteiger partial charge in [0, 0.05) is 24.4 Å². The maximum atomic E-state index is 5.07. The Balaban J connectivity index is 2.77. The first-order valence-corrected chi connectivity index (χ1v) is 5.53.